The van der Waals surface area contributed by atoms with Gasteiger partial charge in [0.05, 0.1) is 0 Å². The van der Waals surface area contributed by atoms with Crippen molar-refractivity contribution in [1.29, 1.82) is 0 Å². The summed E-state index contributed by atoms with van der Waals surface area (Å²) in [5.41, 5.74) is 12.1. The van der Waals surface area contributed by atoms with Gasteiger partial charge in [-0.15, -0.1) is 0 Å². The van der Waals surface area contributed by atoms with Crippen LogP contribution < -0.4 is 16.5 Å². The SMILES string of the molecule is CCOCC.NCc1ccc([PH](N)(Cl)Cl)cc1. The van der Waals surface area contributed by atoms with E-state index in [-0.39, 0.29) is 0 Å². The van der Waals surface area contributed by atoms with Crippen molar-refractivity contribution in [3.8, 4) is 0 Å². The molecule has 0 saturated carbocycles. The van der Waals surface area contributed by atoms with E-state index in [1.807, 2.05) is 38.1 Å². The molecule has 100 valence electrons. The summed E-state index contributed by atoms with van der Waals surface area (Å²) in [7, 11) is 0. The summed E-state index contributed by atoms with van der Waals surface area (Å²) >= 11 is 11.6. The van der Waals surface area contributed by atoms with Crippen LogP contribution in [0.15, 0.2) is 24.3 Å². The van der Waals surface area contributed by atoms with E-state index in [1.165, 1.54) is 0 Å². The summed E-state index contributed by atoms with van der Waals surface area (Å²) in [4.78, 5) is 0. The minimum absolute atomic E-state index is 0.518. The molecule has 0 spiro atoms. The Morgan fingerprint density at radius 1 is 1.12 bits per heavy atom. The van der Waals surface area contributed by atoms with E-state index >= 15 is 0 Å². The van der Waals surface area contributed by atoms with E-state index in [2.05, 4.69) is 0 Å². The van der Waals surface area contributed by atoms with Crippen molar-refractivity contribution in [3.63, 3.8) is 0 Å². The standard InChI is InChI=1S/C7H11Cl2N2P.C4H10O/c8-12(9,11)7-3-1-6(5-10)2-4-7;1-3-5-4-2/h1-4,12H,5,10-11H2;3-4H2,1-2H3. The molecule has 0 bridgehead atoms. The molecule has 0 atom stereocenters. The van der Waals surface area contributed by atoms with Crippen molar-refractivity contribution in [2.45, 2.75) is 20.4 Å². The van der Waals surface area contributed by atoms with Gasteiger partial charge in [0, 0.05) is 13.2 Å². The molecule has 0 heterocycles. The van der Waals surface area contributed by atoms with Crippen LogP contribution in [0.4, 0.5) is 0 Å². The van der Waals surface area contributed by atoms with Gasteiger partial charge in [0.2, 0.25) is 0 Å². The third-order valence-electron chi connectivity index (χ3n) is 1.98. The zero-order valence-electron chi connectivity index (χ0n) is 10.2. The quantitative estimate of drug-likeness (QED) is 0.840. The van der Waals surface area contributed by atoms with Crippen LogP contribution in [0.2, 0.25) is 0 Å². The second kappa shape index (κ2) is 9.09. The third kappa shape index (κ3) is 7.93. The molecular weight excluding hydrogens is 278 g/mol. The second-order valence-electron chi connectivity index (χ2n) is 3.31. The van der Waals surface area contributed by atoms with Crippen molar-refractivity contribution in [3.05, 3.63) is 29.8 Å². The first-order valence-electron chi connectivity index (χ1n) is 5.49. The summed E-state index contributed by atoms with van der Waals surface area (Å²) in [6, 6.07) is 7.42. The zero-order chi connectivity index (χ0) is 13.3. The Balaban J connectivity index is 0.000000437. The third-order valence-corrected chi connectivity index (χ3v) is 4.40. The van der Waals surface area contributed by atoms with E-state index in [4.69, 9.17) is 38.5 Å². The Hall–Kier alpha value is 0.110. The molecule has 3 nitrogen and oxygen atoms in total. The molecule has 0 aromatic heterocycles. The molecule has 0 aliphatic heterocycles. The van der Waals surface area contributed by atoms with Crippen molar-refractivity contribution in [1.82, 2.24) is 0 Å². The van der Waals surface area contributed by atoms with Crippen molar-refractivity contribution in [2.75, 3.05) is 13.2 Å². The van der Waals surface area contributed by atoms with Gasteiger partial charge in [0.15, 0.2) is 0 Å². The summed E-state index contributed by atoms with van der Waals surface area (Å²) < 4.78 is 4.83. The Morgan fingerprint density at radius 2 is 1.59 bits per heavy atom. The molecule has 0 aliphatic rings. The average molecular weight is 299 g/mol. The molecule has 1 aromatic carbocycles. The Morgan fingerprint density at radius 3 is 1.82 bits per heavy atom. The predicted octanol–water partition coefficient (Wildman–Crippen LogP) is 2.74. The van der Waals surface area contributed by atoms with Crippen LogP contribution in [0.1, 0.15) is 19.4 Å². The summed E-state index contributed by atoms with van der Waals surface area (Å²) in [6.45, 7) is 6.18. The van der Waals surface area contributed by atoms with E-state index in [9.17, 15) is 0 Å². The number of rotatable bonds is 4. The molecule has 0 unspecified atom stereocenters. The molecular formula is C11H21Cl2N2OP. The van der Waals surface area contributed by atoms with Crippen LogP contribution in [0.25, 0.3) is 0 Å². The minimum atomic E-state index is -2.67. The maximum atomic E-state index is 5.80. The van der Waals surface area contributed by atoms with Gasteiger partial charge in [-0.3, -0.25) is 0 Å². The number of ether oxygens (including phenoxy) is 1. The molecule has 1 rings (SSSR count). The van der Waals surface area contributed by atoms with Crippen LogP contribution in [-0.2, 0) is 11.3 Å². The zero-order valence-corrected chi connectivity index (χ0v) is 12.8. The number of benzene rings is 1. The molecule has 0 fully saturated rings. The van der Waals surface area contributed by atoms with E-state index in [1.54, 1.807) is 0 Å². The Bertz CT molecular complexity index is 299. The van der Waals surface area contributed by atoms with Crippen molar-refractivity contribution in [2.24, 2.45) is 11.2 Å². The monoisotopic (exact) mass is 298 g/mol. The van der Waals surface area contributed by atoms with Gasteiger partial charge in [0.1, 0.15) is 0 Å². The predicted molar refractivity (Wildman–Crippen MR) is 80.3 cm³/mol. The number of halogens is 2. The van der Waals surface area contributed by atoms with E-state index < -0.39 is 6.12 Å². The van der Waals surface area contributed by atoms with Crippen LogP contribution >= 0.6 is 28.6 Å². The second-order valence-corrected chi connectivity index (χ2v) is 9.29. The van der Waals surface area contributed by atoms with Gasteiger partial charge in [-0.2, -0.15) is 0 Å². The number of hydrogen-bond donors (Lipinski definition) is 2. The Kier molecular flexibility index (Phi) is 9.15. The number of hydrogen-bond acceptors (Lipinski definition) is 3. The van der Waals surface area contributed by atoms with Crippen LogP contribution in [0.3, 0.4) is 0 Å². The average Bonchev–Trinajstić information content (AvgIpc) is 2.30. The Labute approximate surface area is 113 Å². The first-order chi connectivity index (χ1) is 7.95. The van der Waals surface area contributed by atoms with Gasteiger partial charge in [-0.25, -0.2) is 0 Å². The van der Waals surface area contributed by atoms with Crippen molar-refractivity contribution < 1.29 is 4.74 Å². The van der Waals surface area contributed by atoms with E-state index in [0.717, 1.165) is 24.1 Å². The van der Waals surface area contributed by atoms with Crippen LogP contribution in [0, 0.1) is 0 Å². The van der Waals surface area contributed by atoms with Crippen molar-refractivity contribution >= 4 is 33.9 Å². The first kappa shape index (κ1) is 17.1. The fraction of sp³-hybridized carbons (Fsp3) is 0.455. The van der Waals surface area contributed by atoms with Gasteiger partial charge in [0.25, 0.3) is 0 Å². The fourth-order valence-corrected chi connectivity index (χ4v) is 2.43. The van der Waals surface area contributed by atoms with E-state index in [0.29, 0.717) is 6.54 Å². The normalized spacial score (nSPS) is 11.6. The molecule has 6 heteroatoms. The molecule has 0 saturated heterocycles. The summed E-state index contributed by atoms with van der Waals surface area (Å²) in [5.74, 6) is 0. The topological polar surface area (TPSA) is 61.3 Å². The van der Waals surface area contributed by atoms with Crippen LogP contribution in [0.5, 0.6) is 0 Å². The molecule has 0 aliphatic carbocycles. The summed E-state index contributed by atoms with van der Waals surface area (Å²) in [6.07, 6.45) is -2.67. The fourth-order valence-electron chi connectivity index (χ4n) is 1.07. The molecule has 4 N–H and O–H groups in total. The molecule has 17 heavy (non-hydrogen) atoms. The van der Waals surface area contributed by atoms with Crippen LogP contribution in [-0.4, -0.2) is 13.2 Å². The number of nitrogens with two attached hydrogens (primary N) is 2. The van der Waals surface area contributed by atoms with Gasteiger partial charge < -0.3 is 4.74 Å². The maximum absolute atomic E-state index is 5.80. The molecule has 0 amide bonds. The molecule has 1 aromatic rings. The van der Waals surface area contributed by atoms with Gasteiger partial charge >= 0.3 is 81.5 Å². The van der Waals surface area contributed by atoms with Gasteiger partial charge in [-0.05, 0) is 13.8 Å². The van der Waals surface area contributed by atoms with Gasteiger partial charge in [-0.1, -0.05) is 0 Å². The first-order valence-corrected chi connectivity index (χ1v) is 9.59. The molecule has 0 radical (unpaired) electrons. The summed E-state index contributed by atoms with van der Waals surface area (Å²) in [5, 5.41) is 0.808.